The van der Waals surface area contributed by atoms with Crippen LogP contribution in [0.15, 0.2) is 42.5 Å². The molecule has 2 amide bonds. The number of nitrogens with one attached hydrogen (secondary N) is 2. The SMILES string of the molecule is Cc1cccc(C)c1CNc1ccc(NC(N)=O)cc1. The van der Waals surface area contributed by atoms with Crippen molar-refractivity contribution in [3.63, 3.8) is 0 Å². The monoisotopic (exact) mass is 269 g/mol. The van der Waals surface area contributed by atoms with Gasteiger partial charge in [0.05, 0.1) is 0 Å². The molecule has 0 saturated carbocycles. The van der Waals surface area contributed by atoms with Crippen LogP contribution in [0.4, 0.5) is 16.2 Å². The lowest BCUT2D eigenvalue weighted by Gasteiger charge is -2.12. The fourth-order valence-electron chi connectivity index (χ4n) is 2.13. The van der Waals surface area contributed by atoms with Crippen LogP contribution in [-0.4, -0.2) is 6.03 Å². The van der Waals surface area contributed by atoms with Crippen molar-refractivity contribution in [2.75, 3.05) is 10.6 Å². The fourth-order valence-corrected chi connectivity index (χ4v) is 2.13. The van der Waals surface area contributed by atoms with E-state index in [9.17, 15) is 4.79 Å². The molecule has 0 aliphatic heterocycles. The standard InChI is InChI=1S/C16H19N3O/c1-11-4-3-5-12(2)15(11)10-18-13-6-8-14(9-7-13)19-16(17)20/h3-9,18H,10H2,1-2H3,(H3,17,19,20). The number of anilines is 2. The van der Waals surface area contributed by atoms with E-state index < -0.39 is 6.03 Å². The average Bonchev–Trinajstić information content (AvgIpc) is 2.39. The van der Waals surface area contributed by atoms with Crippen molar-refractivity contribution in [1.29, 1.82) is 0 Å². The minimum absolute atomic E-state index is 0.554. The zero-order chi connectivity index (χ0) is 14.5. The Hall–Kier alpha value is -2.49. The third-order valence-corrected chi connectivity index (χ3v) is 3.27. The first kappa shape index (κ1) is 13.9. The molecule has 104 valence electrons. The first-order valence-corrected chi connectivity index (χ1v) is 6.52. The van der Waals surface area contributed by atoms with Gasteiger partial charge in [-0.3, -0.25) is 0 Å². The molecule has 0 bridgehead atoms. The van der Waals surface area contributed by atoms with Crippen molar-refractivity contribution in [3.05, 3.63) is 59.2 Å². The second-order valence-electron chi connectivity index (χ2n) is 4.79. The van der Waals surface area contributed by atoms with E-state index in [-0.39, 0.29) is 0 Å². The van der Waals surface area contributed by atoms with Crippen LogP contribution in [0.25, 0.3) is 0 Å². The normalized spacial score (nSPS) is 10.1. The van der Waals surface area contributed by atoms with Gasteiger partial charge in [0, 0.05) is 17.9 Å². The van der Waals surface area contributed by atoms with E-state index in [4.69, 9.17) is 5.73 Å². The number of rotatable bonds is 4. The number of benzene rings is 2. The van der Waals surface area contributed by atoms with E-state index >= 15 is 0 Å². The Kier molecular flexibility index (Phi) is 4.25. The summed E-state index contributed by atoms with van der Waals surface area (Å²) in [5.41, 5.74) is 10.6. The molecule has 4 nitrogen and oxygen atoms in total. The lowest BCUT2D eigenvalue weighted by molar-refractivity contribution is 0.259. The van der Waals surface area contributed by atoms with Crippen molar-refractivity contribution in [2.45, 2.75) is 20.4 Å². The number of carbonyl (C=O) groups is 1. The largest absolute Gasteiger partial charge is 0.381 e. The highest BCUT2D eigenvalue weighted by Crippen LogP contribution is 2.17. The highest BCUT2D eigenvalue weighted by Gasteiger charge is 2.02. The Balaban J connectivity index is 2.02. The second kappa shape index (κ2) is 6.10. The Morgan fingerprint density at radius 1 is 1.00 bits per heavy atom. The molecule has 0 aliphatic carbocycles. The Labute approximate surface area is 119 Å². The summed E-state index contributed by atoms with van der Waals surface area (Å²) in [7, 11) is 0. The first-order valence-electron chi connectivity index (χ1n) is 6.52. The fraction of sp³-hybridized carbons (Fsp3) is 0.188. The summed E-state index contributed by atoms with van der Waals surface area (Å²) >= 11 is 0. The van der Waals surface area contributed by atoms with Crippen molar-refractivity contribution in [3.8, 4) is 0 Å². The molecule has 2 aromatic rings. The Morgan fingerprint density at radius 2 is 1.55 bits per heavy atom. The minimum atomic E-state index is -0.554. The zero-order valence-electron chi connectivity index (χ0n) is 11.7. The Bertz CT molecular complexity index is 585. The molecular formula is C16H19N3O. The van der Waals surface area contributed by atoms with Gasteiger partial charge in [-0.05, 0) is 54.8 Å². The highest BCUT2D eigenvalue weighted by molar-refractivity contribution is 5.87. The molecule has 0 aromatic heterocycles. The molecule has 0 fully saturated rings. The molecule has 2 rings (SSSR count). The zero-order valence-corrected chi connectivity index (χ0v) is 11.7. The van der Waals surface area contributed by atoms with Gasteiger partial charge in [-0.15, -0.1) is 0 Å². The van der Waals surface area contributed by atoms with Gasteiger partial charge in [-0.2, -0.15) is 0 Å². The van der Waals surface area contributed by atoms with Crippen LogP contribution in [0.1, 0.15) is 16.7 Å². The van der Waals surface area contributed by atoms with Crippen molar-refractivity contribution >= 4 is 17.4 Å². The molecule has 0 radical (unpaired) electrons. The van der Waals surface area contributed by atoms with E-state index in [1.807, 2.05) is 24.3 Å². The molecule has 0 saturated heterocycles. The van der Waals surface area contributed by atoms with Gasteiger partial charge in [0.1, 0.15) is 0 Å². The first-order chi connectivity index (χ1) is 9.56. The summed E-state index contributed by atoms with van der Waals surface area (Å²) < 4.78 is 0. The van der Waals surface area contributed by atoms with Crippen LogP contribution in [-0.2, 0) is 6.54 Å². The molecule has 4 heteroatoms. The molecular weight excluding hydrogens is 250 g/mol. The molecule has 0 unspecified atom stereocenters. The molecule has 0 heterocycles. The molecule has 20 heavy (non-hydrogen) atoms. The molecule has 4 N–H and O–H groups in total. The lowest BCUT2D eigenvalue weighted by atomic mass is 10.0. The topological polar surface area (TPSA) is 67.2 Å². The number of carbonyl (C=O) groups excluding carboxylic acids is 1. The van der Waals surface area contributed by atoms with E-state index in [1.54, 1.807) is 0 Å². The number of urea groups is 1. The van der Waals surface area contributed by atoms with Gasteiger partial charge in [0.15, 0.2) is 0 Å². The molecule has 2 aromatic carbocycles. The van der Waals surface area contributed by atoms with Crippen LogP contribution in [0.3, 0.4) is 0 Å². The minimum Gasteiger partial charge on any atom is -0.381 e. The van der Waals surface area contributed by atoms with Crippen LogP contribution in [0, 0.1) is 13.8 Å². The number of nitrogens with two attached hydrogens (primary N) is 1. The highest BCUT2D eigenvalue weighted by atomic mass is 16.2. The summed E-state index contributed by atoms with van der Waals surface area (Å²) in [4.78, 5) is 10.7. The summed E-state index contributed by atoms with van der Waals surface area (Å²) in [6.45, 7) is 5.01. The van der Waals surface area contributed by atoms with E-state index in [1.165, 1.54) is 16.7 Å². The third kappa shape index (κ3) is 3.51. The lowest BCUT2D eigenvalue weighted by Crippen LogP contribution is -2.19. The summed E-state index contributed by atoms with van der Waals surface area (Å²) in [5, 5.41) is 5.91. The second-order valence-corrected chi connectivity index (χ2v) is 4.79. The van der Waals surface area contributed by atoms with Crippen molar-refractivity contribution in [2.24, 2.45) is 5.73 Å². The Morgan fingerprint density at radius 3 is 2.10 bits per heavy atom. The van der Waals surface area contributed by atoms with Crippen LogP contribution in [0.2, 0.25) is 0 Å². The summed E-state index contributed by atoms with van der Waals surface area (Å²) in [5.74, 6) is 0. The van der Waals surface area contributed by atoms with E-state index in [2.05, 4.69) is 42.7 Å². The van der Waals surface area contributed by atoms with Crippen LogP contribution in [0.5, 0.6) is 0 Å². The van der Waals surface area contributed by atoms with Gasteiger partial charge < -0.3 is 16.4 Å². The van der Waals surface area contributed by atoms with Gasteiger partial charge in [-0.1, -0.05) is 18.2 Å². The third-order valence-electron chi connectivity index (χ3n) is 3.27. The maximum Gasteiger partial charge on any atom is 0.316 e. The predicted octanol–water partition coefficient (Wildman–Crippen LogP) is 3.41. The number of hydrogen-bond acceptors (Lipinski definition) is 2. The quantitative estimate of drug-likeness (QED) is 0.796. The number of primary amides is 1. The predicted molar refractivity (Wildman–Crippen MR) is 82.9 cm³/mol. The molecule has 0 spiro atoms. The van der Waals surface area contributed by atoms with Gasteiger partial charge in [-0.25, -0.2) is 4.79 Å². The van der Waals surface area contributed by atoms with E-state index in [0.29, 0.717) is 5.69 Å². The van der Waals surface area contributed by atoms with Crippen LogP contribution >= 0.6 is 0 Å². The number of amides is 2. The number of aryl methyl sites for hydroxylation is 2. The van der Waals surface area contributed by atoms with Crippen molar-refractivity contribution in [1.82, 2.24) is 0 Å². The molecule has 0 aliphatic rings. The summed E-state index contributed by atoms with van der Waals surface area (Å²) in [6, 6.07) is 13.2. The maximum absolute atomic E-state index is 10.7. The summed E-state index contributed by atoms with van der Waals surface area (Å²) in [6.07, 6.45) is 0. The maximum atomic E-state index is 10.7. The van der Waals surface area contributed by atoms with Gasteiger partial charge in [0.25, 0.3) is 0 Å². The number of hydrogen-bond donors (Lipinski definition) is 3. The van der Waals surface area contributed by atoms with Crippen LogP contribution < -0.4 is 16.4 Å². The van der Waals surface area contributed by atoms with Gasteiger partial charge >= 0.3 is 6.03 Å². The van der Waals surface area contributed by atoms with Crippen molar-refractivity contribution < 1.29 is 4.79 Å². The molecule has 0 atom stereocenters. The average molecular weight is 269 g/mol. The smallest absolute Gasteiger partial charge is 0.316 e. The van der Waals surface area contributed by atoms with E-state index in [0.717, 1.165) is 12.2 Å². The van der Waals surface area contributed by atoms with Gasteiger partial charge in [0.2, 0.25) is 0 Å².